The van der Waals surface area contributed by atoms with Crippen molar-refractivity contribution < 1.29 is 0 Å². The third-order valence-corrected chi connectivity index (χ3v) is 17.2. The molecule has 0 aromatic carbocycles. The fourth-order valence-corrected chi connectivity index (χ4v) is 14.2. The van der Waals surface area contributed by atoms with E-state index in [0.717, 1.165) is 106 Å². The second-order valence-electron chi connectivity index (χ2n) is 20.1. The Morgan fingerprint density at radius 2 is 1.60 bits per heavy atom. The van der Waals surface area contributed by atoms with Crippen LogP contribution < -0.4 is 5.32 Å². The molecule has 0 saturated heterocycles. The van der Waals surface area contributed by atoms with Gasteiger partial charge in [0.2, 0.25) is 0 Å². The molecule has 0 radical (unpaired) electrons. The normalized spacial score (nSPS) is 50.4. The fraction of sp³-hybridized carbons (Fsp3) is 1.00. The highest BCUT2D eigenvalue weighted by Crippen LogP contribution is 2.90. The van der Waals surface area contributed by atoms with Gasteiger partial charge in [0.05, 0.1) is 0 Å². The molecule has 7 fully saturated rings. The van der Waals surface area contributed by atoms with Crippen LogP contribution in [-0.2, 0) is 0 Å². The highest BCUT2D eigenvalue weighted by molar-refractivity contribution is 5.34. The van der Waals surface area contributed by atoms with Gasteiger partial charge in [-0.3, -0.25) is 0 Å². The molecule has 7 aliphatic rings. The number of hydrogen-bond acceptors (Lipinski definition) is 1. The maximum Gasteiger partial charge on any atom is 0.00388 e. The molecule has 1 heteroatoms. The van der Waals surface area contributed by atoms with Crippen LogP contribution in [0.4, 0.5) is 0 Å². The molecule has 42 heavy (non-hydrogen) atoms. The van der Waals surface area contributed by atoms with E-state index >= 15 is 0 Å². The highest BCUT2D eigenvalue weighted by Gasteiger charge is 2.87. The van der Waals surface area contributed by atoms with Gasteiger partial charge in [0, 0.05) is 6.04 Å². The Labute approximate surface area is 262 Å². The van der Waals surface area contributed by atoms with Crippen LogP contribution in [0.15, 0.2) is 0 Å². The van der Waals surface area contributed by atoms with E-state index in [-0.39, 0.29) is 0 Å². The molecule has 0 aromatic rings. The van der Waals surface area contributed by atoms with E-state index in [4.69, 9.17) is 0 Å². The monoisotopic (exact) mass is 578 g/mol. The Hall–Kier alpha value is -0.0400. The van der Waals surface area contributed by atoms with E-state index in [1.165, 1.54) is 51.0 Å². The number of fused-ring (bicyclic) bond motifs is 2. The third kappa shape index (κ3) is 4.67. The lowest BCUT2D eigenvalue weighted by Gasteiger charge is -2.45. The summed E-state index contributed by atoms with van der Waals surface area (Å²) in [6, 6.07) is 0.715. The molecule has 0 spiro atoms. The number of nitrogens with one attached hydrogen (secondary N) is 1. The smallest absolute Gasteiger partial charge is 0.00388 e. The van der Waals surface area contributed by atoms with Crippen molar-refractivity contribution in [1.29, 1.82) is 0 Å². The molecule has 0 aliphatic heterocycles. The van der Waals surface area contributed by atoms with Gasteiger partial charge in [-0.15, -0.1) is 0 Å². The molecule has 0 amide bonds. The minimum Gasteiger partial charge on any atom is -0.314 e. The molecule has 7 saturated carbocycles. The van der Waals surface area contributed by atoms with Gasteiger partial charge in [-0.1, -0.05) is 82.1 Å². The standard InChI is InChI=1S/C41H71N/c1-21(2)25(6)23(4)19-40(9,10)16-15-28-17-29(28)26(7)30-18-31-33(37-35(30)36(31)37)22(3)13-12-14-24(5)42-20-32-34-27(8)38-39(34)41(32,38)11/h21-39,42H,12-20H2,1-11H3. The average molecular weight is 578 g/mol. The van der Waals surface area contributed by atoms with Crippen molar-refractivity contribution in [3.05, 3.63) is 0 Å². The summed E-state index contributed by atoms with van der Waals surface area (Å²) in [5.41, 5.74) is 1.27. The zero-order valence-corrected chi connectivity index (χ0v) is 29.8. The number of hydrogen-bond donors (Lipinski definition) is 1. The lowest BCUT2D eigenvalue weighted by atomic mass is 9.61. The van der Waals surface area contributed by atoms with Crippen molar-refractivity contribution in [3.8, 4) is 0 Å². The van der Waals surface area contributed by atoms with Crippen LogP contribution in [0.2, 0.25) is 0 Å². The average Bonchev–Trinajstić information content (AvgIpc) is 3.83. The molecule has 0 aromatic heterocycles. The predicted molar refractivity (Wildman–Crippen MR) is 179 cm³/mol. The summed E-state index contributed by atoms with van der Waals surface area (Å²) in [5.74, 6) is 18.8. The minimum atomic E-state index is 0.515. The Kier molecular flexibility index (Phi) is 7.64. The van der Waals surface area contributed by atoms with E-state index in [1.807, 2.05) is 0 Å². The SMILES string of the molecule is CC(CCCC(C)C1C2CC(C(C)C3CC3CCC(C)(C)CC(C)C(C)C(C)C)C3C2C13)NCC1C2C(C)C3C2C13C. The van der Waals surface area contributed by atoms with Gasteiger partial charge in [-0.05, 0) is 169 Å². The van der Waals surface area contributed by atoms with Crippen molar-refractivity contribution in [2.75, 3.05) is 6.54 Å². The first-order chi connectivity index (χ1) is 19.8. The Bertz CT molecular complexity index is 991. The molecular weight excluding hydrogens is 506 g/mol. The summed E-state index contributed by atoms with van der Waals surface area (Å²) >= 11 is 0. The van der Waals surface area contributed by atoms with Crippen molar-refractivity contribution in [1.82, 2.24) is 5.32 Å². The Morgan fingerprint density at radius 1 is 0.857 bits per heavy atom. The summed E-state index contributed by atoms with van der Waals surface area (Å²) < 4.78 is 0. The van der Waals surface area contributed by atoms with Crippen molar-refractivity contribution >= 4 is 0 Å². The van der Waals surface area contributed by atoms with Gasteiger partial charge >= 0.3 is 0 Å². The van der Waals surface area contributed by atoms with Crippen LogP contribution in [0.25, 0.3) is 0 Å². The third-order valence-electron chi connectivity index (χ3n) is 17.2. The quantitative estimate of drug-likeness (QED) is 0.181. The summed E-state index contributed by atoms with van der Waals surface area (Å²) in [4.78, 5) is 0. The van der Waals surface area contributed by atoms with Crippen LogP contribution in [0.3, 0.4) is 0 Å². The molecule has 7 rings (SSSR count). The second-order valence-corrected chi connectivity index (χ2v) is 20.1. The molecule has 0 bridgehead atoms. The van der Waals surface area contributed by atoms with Crippen LogP contribution in [0.1, 0.15) is 128 Å². The molecule has 1 nitrogen and oxygen atoms in total. The van der Waals surface area contributed by atoms with Gasteiger partial charge in [0.1, 0.15) is 0 Å². The summed E-state index contributed by atoms with van der Waals surface area (Å²) in [5, 5.41) is 3.99. The molecule has 19 atom stereocenters. The Morgan fingerprint density at radius 3 is 2.19 bits per heavy atom. The van der Waals surface area contributed by atoms with E-state index in [9.17, 15) is 0 Å². The van der Waals surface area contributed by atoms with Gasteiger partial charge in [-0.25, -0.2) is 0 Å². The summed E-state index contributed by atoms with van der Waals surface area (Å²) in [7, 11) is 0. The first kappa shape index (κ1) is 30.6. The molecule has 240 valence electrons. The van der Waals surface area contributed by atoms with E-state index in [1.54, 1.807) is 12.8 Å². The lowest BCUT2D eigenvalue weighted by Crippen LogP contribution is -2.47. The first-order valence-corrected chi connectivity index (χ1v) is 19.5. The van der Waals surface area contributed by atoms with Crippen molar-refractivity contribution in [2.24, 2.45) is 117 Å². The number of rotatable bonds is 17. The van der Waals surface area contributed by atoms with Crippen molar-refractivity contribution in [3.63, 3.8) is 0 Å². The maximum atomic E-state index is 3.99. The van der Waals surface area contributed by atoms with Crippen LogP contribution >= 0.6 is 0 Å². The zero-order chi connectivity index (χ0) is 30.0. The largest absolute Gasteiger partial charge is 0.314 e. The van der Waals surface area contributed by atoms with E-state index < -0.39 is 0 Å². The first-order valence-electron chi connectivity index (χ1n) is 19.5. The van der Waals surface area contributed by atoms with Crippen LogP contribution in [0, 0.1) is 117 Å². The fourth-order valence-electron chi connectivity index (χ4n) is 14.2. The van der Waals surface area contributed by atoms with Gasteiger partial charge in [-0.2, -0.15) is 0 Å². The van der Waals surface area contributed by atoms with Gasteiger partial charge in [0.15, 0.2) is 0 Å². The van der Waals surface area contributed by atoms with Gasteiger partial charge in [0.25, 0.3) is 0 Å². The van der Waals surface area contributed by atoms with Gasteiger partial charge < -0.3 is 5.32 Å². The molecule has 19 unspecified atom stereocenters. The summed E-state index contributed by atoms with van der Waals surface area (Å²) in [6.07, 6.45) is 11.9. The zero-order valence-electron chi connectivity index (χ0n) is 29.8. The second kappa shape index (κ2) is 10.5. The topological polar surface area (TPSA) is 12.0 Å². The van der Waals surface area contributed by atoms with E-state index in [0.29, 0.717) is 11.5 Å². The predicted octanol–water partition coefficient (Wildman–Crippen LogP) is 10.4. The highest BCUT2D eigenvalue weighted by atomic mass is 15.0. The van der Waals surface area contributed by atoms with Crippen LogP contribution in [-0.4, -0.2) is 12.6 Å². The lowest BCUT2D eigenvalue weighted by molar-refractivity contribution is 0.0322. The Balaban J connectivity index is 0.787. The molecule has 1 N–H and O–H groups in total. The molecule has 0 heterocycles. The maximum absolute atomic E-state index is 3.99. The van der Waals surface area contributed by atoms with E-state index in [2.05, 4.69) is 81.5 Å². The summed E-state index contributed by atoms with van der Waals surface area (Å²) in [6.45, 7) is 29.2. The van der Waals surface area contributed by atoms with Crippen LogP contribution in [0.5, 0.6) is 0 Å². The molecule has 7 aliphatic carbocycles. The minimum absolute atomic E-state index is 0.515. The van der Waals surface area contributed by atoms with Crippen molar-refractivity contribution in [2.45, 2.75) is 134 Å². The molecular formula is C41H71N.